The van der Waals surface area contributed by atoms with E-state index < -0.39 is 0 Å². The van der Waals surface area contributed by atoms with Crippen LogP contribution in [0.2, 0.25) is 5.02 Å². The molecule has 1 saturated heterocycles. The maximum atomic E-state index is 12.2. The predicted molar refractivity (Wildman–Crippen MR) is 79.5 cm³/mol. The van der Waals surface area contributed by atoms with Crippen molar-refractivity contribution in [3.05, 3.63) is 34.9 Å². The zero-order chi connectivity index (χ0) is 14.7. The molecule has 1 atom stereocenters. The van der Waals surface area contributed by atoms with Crippen LogP contribution in [0.25, 0.3) is 0 Å². The number of ether oxygens (including phenoxy) is 1. The van der Waals surface area contributed by atoms with Crippen molar-refractivity contribution in [3.63, 3.8) is 0 Å². The number of benzene rings is 1. The lowest BCUT2D eigenvalue weighted by atomic mass is 10.0. The maximum absolute atomic E-state index is 12.2. The minimum Gasteiger partial charge on any atom is -0.391 e. The highest BCUT2D eigenvalue weighted by Crippen LogP contribution is 2.21. The van der Waals surface area contributed by atoms with Gasteiger partial charge in [0.05, 0.1) is 25.3 Å². The van der Waals surface area contributed by atoms with Gasteiger partial charge in [-0.15, -0.1) is 0 Å². The van der Waals surface area contributed by atoms with Gasteiger partial charge in [-0.05, 0) is 17.7 Å². The summed E-state index contributed by atoms with van der Waals surface area (Å²) in [5.74, 6) is 0.107. The van der Waals surface area contributed by atoms with E-state index in [0.29, 0.717) is 44.2 Å². The Morgan fingerprint density at radius 1 is 1.29 bits per heavy atom. The van der Waals surface area contributed by atoms with E-state index in [1.807, 2.05) is 29.2 Å². The molecule has 5 nitrogen and oxygen atoms in total. The van der Waals surface area contributed by atoms with Gasteiger partial charge in [-0.25, -0.2) is 0 Å². The molecule has 0 aromatic heterocycles. The first kappa shape index (κ1) is 14.4. The van der Waals surface area contributed by atoms with Crippen LogP contribution in [0, 0.1) is 0 Å². The van der Waals surface area contributed by atoms with Crippen molar-refractivity contribution in [1.82, 2.24) is 4.90 Å². The van der Waals surface area contributed by atoms with E-state index in [1.165, 1.54) is 0 Å². The summed E-state index contributed by atoms with van der Waals surface area (Å²) in [6.07, 6.45) is 0.837. The Kier molecular flexibility index (Phi) is 4.41. The molecule has 1 amide bonds. The summed E-state index contributed by atoms with van der Waals surface area (Å²) in [5, 5.41) is 4.79. The number of carbonyl (C=O) groups excluding carboxylic acids is 1. The maximum Gasteiger partial charge on any atom is 0.226 e. The van der Waals surface area contributed by atoms with Gasteiger partial charge >= 0.3 is 0 Å². The minimum atomic E-state index is -0.175. The molecule has 21 heavy (non-hydrogen) atoms. The van der Waals surface area contributed by atoms with Crippen LogP contribution in [0.3, 0.4) is 0 Å². The van der Waals surface area contributed by atoms with E-state index in [-0.39, 0.29) is 12.0 Å². The predicted octanol–water partition coefficient (Wildman–Crippen LogP) is 2.08. The zero-order valence-electron chi connectivity index (χ0n) is 11.6. The fraction of sp³-hybridized carbons (Fsp3) is 0.467. The van der Waals surface area contributed by atoms with Crippen molar-refractivity contribution in [3.8, 4) is 0 Å². The molecule has 2 aliphatic heterocycles. The number of halogens is 1. The van der Waals surface area contributed by atoms with Gasteiger partial charge in [-0.1, -0.05) is 28.9 Å². The zero-order valence-corrected chi connectivity index (χ0v) is 12.4. The van der Waals surface area contributed by atoms with Gasteiger partial charge in [-0.3, -0.25) is 4.79 Å². The van der Waals surface area contributed by atoms with Crippen LogP contribution in [0.15, 0.2) is 29.4 Å². The van der Waals surface area contributed by atoms with Gasteiger partial charge in [0.25, 0.3) is 0 Å². The lowest BCUT2D eigenvalue weighted by molar-refractivity contribution is -0.137. The summed E-state index contributed by atoms with van der Waals surface area (Å²) in [6, 6.07) is 7.48. The molecule has 2 heterocycles. The van der Waals surface area contributed by atoms with Gasteiger partial charge < -0.3 is 14.5 Å². The van der Waals surface area contributed by atoms with E-state index in [0.717, 1.165) is 11.3 Å². The first-order valence-corrected chi connectivity index (χ1v) is 7.44. The van der Waals surface area contributed by atoms with E-state index in [9.17, 15) is 4.79 Å². The molecule has 0 aliphatic carbocycles. The van der Waals surface area contributed by atoms with Crippen LogP contribution in [0.4, 0.5) is 0 Å². The number of carbonyl (C=O) groups is 1. The van der Waals surface area contributed by atoms with Crippen molar-refractivity contribution in [2.45, 2.75) is 18.9 Å². The van der Waals surface area contributed by atoms with E-state index in [4.69, 9.17) is 21.2 Å². The van der Waals surface area contributed by atoms with Gasteiger partial charge in [0, 0.05) is 24.5 Å². The fourth-order valence-corrected chi connectivity index (χ4v) is 2.61. The number of rotatable bonds is 3. The third-order valence-corrected chi connectivity index (χ3v) is 3.93. The lowest BCUT2D eigenvalue weighted by Crippen LogP contribution is -2.41. The average Bonchev–Trinajstić information content (AvgIpc) is 2.97. The molecule has 6 heteroatoms. The monoisotopic (exact) mass is 308 g/mol. The molecule has 0 N–H and O–H groups in total. The van der Waals surface area contributed by atoms with Gasteiger partial charge in [0.2, 0.25) is 5.91 Å². The van der Waals surface area contributed by atoms with Crippen molar-refractivity contribution in [1.29, 1.82) is 0 Å². The Balaban J connectivity index is 1.53. The molecule has 1 fully saturated rings. The Labute approximate surface area is 128 Å². The average molecular weight is 309 g/mol. The highest BCUT2D eigenvalue weighted by atomic mass is 35.5. The molecule has 1 unspecified atom stereocenters. The molecule has 0 spiro atoms. The number of hydrogen-bond acceptors (Lipinski definition) is 4. The lowest BCUT2D eigenvalue weighted by Gasteiger charge is -2.27. The van der Waals surface area contributed by atoms with E-state index >= 15 is 0 Å². The van der Waals surface area contributed by atoms with Crippen molar-refractivity contribution < 1.29 is 14.4 Å². The second-order valence-electron chi connectivity index (χ2n) is 5.17. The molecule has 1 aromatic carbocycles. The Morgan fingerprint density at radius 2 is 2.00 bits per heavy atom. The van der Waals surface area contributed by atoms with Gasteiger partial charge in [0.1, 0.15) is 6.10 Å². The third kappa shape index (κ3) is 3.54. The first-order valence-electron chi connectivity index (χ1n) is 7.06. The fourth-order valence-electron chi connectivity index (χ4n) is 2.49. The summed E-state index contributed by atoms with van der Waals surface area (Å²) in [4.78, 5) is 19.4. The van der Waals surface area contributed by atoms with Crippen LogP contribution >= 0.6 is 11.6 Å². The molecule has 1 aromatic rings. The SMILES string of the molecule is O=C(CC1CC(c2ccc(Cl)cc2)=NO1)N1CCOCC1. The Morgan fingerprint density at radius 3 is 2.71 bits per heavy atom. The van der Waals surface area contributed by atoms with Crippen molar-refractivity contribution in [2.24, 2.45) is 5.16 Å². The van der Waals surface area contributed by atoms with Crippen molar-refractivity contribution >= 4 is 23.2 Å². The quantitative estimate of drug-likeness (QED) is 0.859. The molecule has 3 rings (SSSR count). The molecule has 112 valence electrons. The number of morpholine rings is 1. The Hall–Kier alpha value is -1.59. The highest BCUT2D eigenvalue weighted by molar-refractivity contribution is 6.30. The van der Waals surface area contributed by atoms with Crippen molar-refractivity contribution in [2.75, 3.05) is 26.3 Å². The second-order valence-corrected chi connectivity index (χ2v) is 5.61. The molecule has 0 radical (unpaired) electrons. The van der Waals surface area contributed by atoms with E-state index in [1.54, 1.807) is 0 Å². The largest absolute Gasteiger partial charge is 0.391 e. The van der Waals surface area contributed by atoms with Crippen LogP contribution in [0.5, 0.6) is 0 Å². The van der Waals surface area contributed by atoms with Gasteiger partial charge in [-0.2, -0.15) is 0 Å². The van der Waals surface area contributed by atoms with Crippen LogP contribution in [-0.2, 0) is 14.4 Å². The third-order valence-electron chi connectivity index (χ3n) is 3.68. The first-order chi connectivity index (χ1) is 10.2. The molecule has 0 bridgehead atoms. The molecule has 0 saturated carbocycles. The summed E-state index contributed by atoms with van der Waals surface area (Å²) < 4.78 is 5.25. The second kappa shape index (κ2) is 6.45. The summed E-state index contributed by atoms with van der Waals surface area (Å²) in [7, 11) is 0. The summed E-state index contributed by atoms with van der Waals surface area (Å²) >= 11 is 5.87. The van der Waals surface area contributed by atoms with Crippen LogP contribution in [0.1, 0.15) is 18.4 Å². The number of amides is 1. The number of oxime groups is 1. The van der Waals surface area contributed by atoms with Crippen LogP contribution in [-0.4, -0.2) is 48.9 Å². The number of hydrogen-bond donors (Lipinski definition) is 0. The molecular formula is C15H17ClN2O3. The van der Waals surface area contributed by atoms with Gasteiger partial charge in [0.15, 0.2) is 0 Å². The normalized spacial score (nSPS) is 21.9. The summed E-state index contributed by atoms with van der Waals surface area (Å²) in [6.45, 7) is 2.56. The smallest absolute Gasteiger partial charge is 0.226 e. The summed E-state index contributed by atoms with van der Waals surface area (Å²) in [5.41, 5.74) is 1.85. The van der Waals surface area contributed by atoms with Crippen LogP contribution < -0.4 is 0 Å². The Bertz CT molecular complexity index is 538. The topological polar surface area (TPSA) is 51.1 Å². The standard InChI is InChI=1S/C15H17ClN2O3/c16-12-3-1-11(2-4-12)14-9-13(21-17-14)10-15(19)18-5-7-20-8-6-18/h1-4,13H,5-10H2. The van der Waals surface area contributed by atoms with E-state index in [2.05, 4.69) is 5.16 Å². The molecular weight excluding hydrogens is 292 g/mol. The molecule has 2 aliphatic rings. The highest BCUT2D eigenvalue weighted by Gasteiger charge is 2.27. The minimum absolute atomic E-state index is 0.107. The number of nitrogens with zero attached hydrogens (tertiary/aromatic N) is 2.